The maximum atomic E-state index is 4.82. The van der Waals surface area contributed by atoms with E-state index >= 15 is 0 Å². The quantitative estimate of drug-likeness (QED) is 0.733. The SMILES string of the molecule is CC1(C)CC(N=NC2CC(C)(C)[NH2+]C(C)(C)C2)CC(C)(C)[NH2+]1. The Bertz CT molecular complexity index is 362. The molecular weight excluding hydrogens is 272 g/mol. The fourth-order valence-electron chi connectivity index (χ4n) is 5.28. The van der Waals surface area contributed by atoms with Crippen LogP contribution in [-0.2, 0) is 0 Å². The van der Waals surface area contributed by atoms with Gasteiger partial charge in [0.25, 0.3) is 0 Å². The first kappa shape index (κ1) is 17.9. The number of rotatable bonds is 2. The minimum atomic E-state index is 0.268. The van der Waals surface area contributed by atoms with Gasteiger partial charge in [0, 0.05) is 25.7 Å². The Kier molecular flexibility index (Phi) is 4.51. The molecule has 0 unspecified atom stereocenters. The van der Waals surface area contributed by atoms with Gasteiger partial charge < -0.3 is 10.6 Å². The van der Waals surface area contributed by atoms with E-state index in [1.165, 1.54) is 0 Å². The molecule has 2 heterocycles. The van der Waals surface area contributed by atoms with Crippen LogP contribution < -0.4 is 10.6 Å². The van der Waals surface area contributed by atoms with Crippen LogP contribution in [0.5, 0.6) is 0 Å². The molecule has 2 fully saturated rings. The highest BCUT2D eigenvalue weighted by Crippen LogP contribution is 2.27. The van der Waals surface area contributed by atoms with E-state index < -0.39 is 0 Å². The zero-order chi connectivity index (χ0) is 16.8. The molecule has 0 atom stereocenters. The van der Waals surface area contributed by atoms with Crippen LogP contribution in [0.2, 0.25) is 0 Å². The lowest BCUT2D eigenvalue weighted by Gasteiger charge is -2.42. The number of hydrogen-bond acceptors (Lipinski definition) is 2. The van der Waals surface area contributed by atoms with Crippen LogP contribution in [-0.4, -0.2) is 34.2 Å². The van der Waals surface area contributed by atoms with E-state index in [-0.39, 0.29) is 22.2 Å². The molecule has 2 rings (SSSR count). The summed E-state index contributed by atoms with van der Waals surface area (Å²) in [5.41, 5.74) is 1.07. The lowest BCUT2D eigenvalue weighted by atomic mass is 9.79. The van der Waals surface area contributed by atoms with Crippen LogP contribution in [0.3, 0.4) is 0 Å². The van der Waals surface area contributed by atoms with Crippen LogP contribution in [0.15, 0.2) is 10.2 Å². The van der Waals surface area contributed by atoms with Crippen molar-refractivity contribution in [3.63, 3.8) is 0 Å². The third-order valence-electron chi connectivity index (χ3n) is 5.00. The van der Waals surface area contributed by atoms with Crippen LogP contribution in [0.25, 0.3) is 0 Å². The van der Waals surface area contributed by atoms with Crippen molar-refractivity contribution in [3.8, 4) is 0 Å². The van der Waals surface area contributed by atoms with Gasteiger partial charge >= 0.3 is 0 Å². The second-order valence-corrected chi connectivity index (χ2v) is 10.6. The van der Waals surface area contributed by atoms with Crippen molar-refractivity contribution in [1.82, 2.24) is 0 Å². The summed E-state index contributed by atoms with van der Waals surface area (Å²) in [6.07, 6.45) is 4.52. The molecule has 4 N–H and O–H groups in total. The molecule has 0 amide bonds. The molecule has 128 valence electrons. The smallest absolute Gasteiger partial charge is 0.0929 e. The van der Waals surface area contributed by atoms with Crippen molar-refractivity contribution in [1.29, 1.82) is 0 Å². The third kappa shape index (κ3) is 5.02. The monoisotopic (exact) mass is 310 g/mol. The van der Waals surface area contributed by atoms with E-state index in [2.05, 4.69) is 66.0 Å². The van der Waals surface area contributed by atoms with Crippen molar-refractivity contribution in [2.75, 3.05) is 0 Å². The summed E-state index contributed by atoms with van der Waals surface area (Å²) < 4.78 is 0. The van der Waals surface area contributed by atoms with Gasteiger partial charge in [0.2, 0.25) is 0 Å². The number of nitrogens with zero attached hydrogens (tertiary/aromatic N) is 2. The fraction of sp³-hybridized carbons (Fsp3) is 1.00. The number of quaternary nitrogens is 2. The van der Waals surface area contributed by atoms with Gasteiger partial charge in [-0.1, -0.05) is 0 Å². The van der Waals surface area contributed by atoms with E-state index in [0.717, 1.165) is 25.7 Å². The first-order valence-electron chi connectivity index (χ1n) is 8.92. The molecule has 0 aromatic rings. The Labute approximate surface area is 136 Å². The highest BCUT2D eigenvalue weighted by Gasteiger charge is 2.43. The highest BCUT2D eigenvalue weighted by molar-refractivity contribution is 4.90. The minimum Gasteiger partial charge on any atom is -0.337 e. The molecule has 2 aliphatic rings. The zero-order valence-electron chi connectivity index (χ0n) is 16.0. The standard InChI is InChI=1S/C18H36N4/c1-15(2)9-13(10-16(3,4)21-15)19-20-14-11-17(5,6)22-18(7,8)12-14/h13-14,21-22H,9-12H2,1-8H3/p+2. The van der Waals surface area contributed by atoms with E-state index in [9.17, 15) is 0 Å². The van der Waals surface area contributed by atoms with Gasteiger partial charge in [-0.2, -0.15) is 10.2 Å². The normalized spacial score (nSPS) is 31.5. The van der Waals surface area contributed by atoms with Crippen LogP contribution >= 0.6 is 0 Å². The summed E-state index contributed by atoms with van der Waals surface area (Å²) >= 11 is 0. The molecule has 2 aliphatic heterocycles. The summed E-state index contributed by atoms with van der Waals surface area (Å²) in [6.45, 7) is 18.7. The Morgan fingerprint density at radius 3 is 1.00 bits per heavy atom. The molecule has 0 radical (unpaired) electrons. The lowest BCUT2D eigenvalue weighted by Crippen LogP contribution is -3.06. The van der Waals surface area contributed by atoms with Crippen LogP contribution in [0, 0.1) is 0 Å². The van der Waals surface area contributed by atoms with Gasteiger partial charge in [-0.3, -0.25) is 0 Å². The number of piperidine rings is 2. The minimum absolute atomic E-state index is 0.268. The first-order chi connectivity index (χ1) is 9.78. The van der Waals surface area contributed by atoms with Crippen molar-refractivity contribution >= 4 is 0 Å². The van der Waals surface area contributed by atoms with Gasteiger partial charge in [-0.05, 0) is 55.4 Å². The number of hydrogen-bond donors (Lipinski definition) is 2. The van der Waals surface area contributed by atoms with E-state index in [1.807, 2.05) is 0 Å². The molecule has 0 bridgehead atoms. The number of azo groups is 1. The second-order valence-electron chi connectivity index (χ2n) is 10.6. The molecule has 4 nitrogen and oxygen atoms in total. The fourth-order valence-corrected chi connectivity index (χ4v) is 5.28. The zero-order valence-corrected chi connectivity index (χ0v) is 16.0. The van der Waals surface area contributed by atoms with Crippen LogP contribution in [0.1, 0.15) is 81.1 Å². The Morgan fingerprint density at radius 1 is 0.545 bits per heavy atom. The third-order valence-corrected chi connectivity index (χ3v) is 5.00. The maximum absolute atomic E-state index is 4.82. The van der Waals surface area contributed by atoms with Crippen molar-refractivity contribution < 1.29 is 10.6 Å². The molecule has 0 aromatic carbocycles. The topological polar surface area (TPSA) is 57.9 Å². The average Bonchev–Trinajstić information content (AvgIpc) is 2.17. The van der Waals surface area contributed by atoms with E-state index in [0.29, 0.717) is 12.1 Å². The molecule has 0 saturated carbocycles. The van der Waals surface area contributed by atoms with Gasteiger partial charge in [-0.15, -0.1) is 0 Å². The average molecular weight is 311 g/mol. The molecule has 22 heavy (non-hydrogen) atoms. The molecule has 0 spiro atoms. The van der Waals surface area contributed by atoms with Crippen molar-refractivity contribution in [2.45, 2.75) is 115 Å². The Hall–Kier alpha value is -0.480. The predicted molar refractivity (Wildman–Crippen MR) is 91.1 cm³/mol. The van der Waals surface area contributed by atoms with Gasteiger partial charge in [0.15, 0.2) is 0 Å². The van der Waals surface area contributed by atoms with Crippen LogP contribution in [0.4, 0.5) is 0 Å². The van der Waals surface area contributed by atoms with Gasteiger partial charge in [-0.25, -0.2) is 0 Å². The van der Waals surface area contributed by atoms with Gasteiger partial charge in [0.1, 0.15) is 0 Å². The molecule has 0 aliphatic carbocycles. The summed E-state index contributed by atoms with van der Waals surface area (Å²) in [6, 6.07) is 0.763. The number of nitrogens with two attached hydrogens (primary N) is 2. The molecular formula is C18H38N4+2. The van der Waals surface area contributed by atoms with Gasteiger partial charge in [0.05, 0.1) is 34.2 Å². The molecule has 0 aromatic heterocycles. The summed E-state index contributed by atoms with van der Waals surface area (Å²) in [7, 11) is 0. The maximum Gasteiger partial charge on any atom is 0.0929 e. The van der Waals surface area contributed by atoms with E-state index in [1.54, 1.807) is 0 Å². The second kappa shape index (κ2) is 5.55. The largest absolute Gasteiger partial charge is 0.337 e. The van der Waals surface area contributed by atoms with Crippen molar-refractivity contribution in [2.24, 2.45) is 10.2 Å². The molecule has 2 saturated heterocycles. The summed E-state index contributed by atoms with van der Waals surface area (Å²) in [4.78, 5) is 0. The Balaban J connectivity index is 2.05. The lowest BCUT2D eigenvalue weighted by molar-refractivity contribution is -0.788. The summed E-state index contributed by atoms with van der Waals surface area (Å²) in [5, 5.41) is 14.7. The molecule has 4 heteroatoms. The summed E-state index contributed by atoms with van der Waals surface area (Å²) in [5.74, 6) is 0. The van der Waals surface area contributed by atoms with Crippen molar-refractivity contribution in [3.05, 3.63) is 0 Å². The first-order valence-corrected chi connectivity index (χ1v) is 8.92. The Morgan fingerprint density at radius 2 is 0.773 bits per heavy atom. The van der Waals surface area contributed by atoms with E-state index in [4.69, 9.17) is 10.2 Å². The highest BCUT2D eigenvalue weighted by atomic mass is 15.2. The predicted octanol–water partition coefficient (Wildman–Crippen LogP) is 2.00.